The Bertz CT molecular complexity index is 1000. The second-order valence-electron chi connectivity index (χ2n) is 6.91. The van der Waals surface area contributed by atoms with Gasteiger partial charge in [0.05, 0.1) is 5.75 Å². The van der Waals surface area contributed by atoms with Crippen LogP contribution in [-0.2, 0) is 19.4 Å². The van der Waals surface area contributed by atoms with Crippen molar-refractivity contribution in [2.45, 2.75) is 17.7 Å². The van der Waals surface area contributed by atoms with Crippen LogP contribution in [0.5, 0.6) is 0 Å². The molecule has 0 aromatic heterocycles. The van der Waals surface area contributed by atoms with Gasteiger partial charge in [0.2, 0.25) is 5.37 Å². The number of nitrogens with zero attached hydrogens (tertiary/aromatic N) is 1. The second kappa shape index (κ2) is 6.94. The Hall–Kier alpha value is -2.87. The number of aliphatic carboxylic acids is 1. The van der Waals surface area contributed by atoms with E-state index in [0.29, 0.717) is 0 Å². The van der Waals surface area contributed by atoms with Crippen molar-refractivity contribution in [1.82, 2.24) is 4.90 Å². The molecule has 1 aliphatic carbocycles. The van der Waals surface area contributed by atoms with Crippen molar-refractivity contribution in [1.29, 1.82) is 0 Å². The molecule has 1 heterocycles. The van der Waals surface area contributed by atoms with Crippen LogP contribution in [0.15, 0.2) is 48.5 Å². The van der Waals surface area contributed by atoms with Gasteiger partial charge in [-0.1, -0.05) is 48.5 Å². The third-order valence-electron chi connectivity index (χ3n) is 5.23. The predicted molar refractivity (Wildman–Crippen MR) is 102 cm³/mol. The third kappa shape index (κ3) is 3.03. The molecule has 1 amide bonds. The van der Waals surface area contributed by atoms with E-state index in [1.54, 1.807) is 0 Å². The molecule has 1 saturated heterocycles. The van der Waals surface area contributed by atoms with Crippen LogP contribution < -0.4 is 0 Å². The summed E-state index contributed by atoms with van der Waals surface area (Å²) in [5, 5.41) is 7.41. The lowest BCUT2D eigenvalue weighted by Gasteiger charge is -2.32. The van der Waals surface area contributed by atoms with Crippen LogP contribution in [0.4, 0.5) is 4.79 Å². The SMILES string of the molecule is O=C(O)C1N(C(=O)OCC2c3ccccc3-c3ccccc32)CCCS1(=O)=O. The second-order valence-corrected chi connectivity index (χ2v) is 9.09. The average molecular weight is 401 g/mol. The van der Waals surface area contributed by atoms with Gasteiger partial charge in [-0.2, -0.15) is 0 Å². The van der Waals surface area contributed by atoms with Gasteiger partial charge in [-0.25, -0.2) is 18.0 Å². The van der Waals surface area contributed by atoms with Crippen LogP contribution in [0, 0.1) is 0 Å². The summed E-state index contributed by atoms with van der Waals surface area (Å²) in [6.45, 7) is 0.0443. The lowest BCUT2D eigenvalue weighted by Crippen LogP contribution is -2.54. The summed E-state index contributed by atoms with van der Waals surface area (Å²) in [7, 11) is -3.93. The molecule has 4 rings (SSSR count). The molecule has 146 valence electrons. The number of carboxylic acids is 1. The Morgan fingerprint density at radius 2 is 1.61 bits per heavy atom. The standard InChI is InChI=1S/C20H19NO6S/c22-19(23)18-21(10-5-11-28(18,25)26)20(24)27-12-17-15-8-3-1-6-13(15)14-7-2-4-9-16(14)17/h1-4,6-9,17-18H,5,10-12H2,(H,22,23). The fourth-order valence-electron chi connectivity index (χ4n) is 4.01. The molecule has 0 spiro atoms. The Labute approximate surface area is 162 Å². The van der Waals surface area contributed by atoms with Crippen LogP contribution >= 0.6 is 0 Å². The number of amides is 1. The molecule has 2 aliphatic rings. The Balaban J connectivity index is 1.56. The molecule has 0 radical (unpaired) electrons. The highest BCUT2D eigenvalue weighted by Gasteiger charge is 2.44. The molecule has 0 saturated carbocycles. The van der Waals surface area contributed by atoms with Crippen LogP contribution in [0.25, 0.3) is 11.1 Å². The van der Waals surface area contributed by atoms with E-state index in [1.807, 2.05) is 48.5 Å². The number of hydrogen-bond acceptors (Lipinski definition) is 5. The molecule has 1 aliphatic heterocycles. The number of sulfone groups is 1. The highest BCUT2D eigenvalue weighted by molar-refractivity contribution is 7.92. The van der Waals surface area contributed by atoms with E-state index >= 15 is 0 Å². The molecule has 2 aromatic carbocycles. The van der Waals surface area contributed by atoms with Gasteiger partial charge in [-0.3, -0.25) is 4.90 Å². The number of benzene rings is 2. The first-order valence-corrected chi connectivity index (χ1v) is 10.7. The van der Waals surface area contributed by atoms with E-state index in [2.05, 4.69) is 0 Å². The molecule has 8 heteroatoms. The number of ether oxygens (including phenoxy) is 1. The summed E-state index contributed by atoms with van der Waals surface area (Å²) in [5.41, 5.74) is 4.20. The topological polar surface area (TPSA) is 101 Å². The smallest absolute Gasteiger partial charge is 0.411 e. The molecule has 28 heavy (non-hydrogen) atoms. The summed E-state index contributed by atoms with van der Waals surface area (Å²) >= 11 is 0. The van der Waals surface area contributed by atoms with E-state index in [-0.39, 0.29) is 31.2 Å². The zero-order chi connectivity index (χ0) is 19.9. The van der Waals surface area contributed by atoms with Crippen molar-refractivity contribution in [3.63, 3.8) is 0 Å². The summed E-state index contributed by atoms with van der Waals surface area (Å²) in [5.74, 6) is -1.99. The highest BCUT2D eigenvalue weighted by Crippen LogP contribution is 2.44. The van der Waals surface area contributed by atoms with Crippen LogP contribution in [0.3, 0.4) is 0 Å². The maximum atomic E-state index is 12.6. The van der Waals surface area contributed by atoms with E-state index in [9.17, 15) is 23.1 Å². The minimum Gasteiger partial charge on any atom is -0.479 e. The lowest BCUT2D eigenvalue weighted by molar-refractivity contribution is -0.139. The summed E-state index contributed by atoms with van der Waals surface area (Å²) in [6.07, 6.45) is -0.728. The summed E-state index contributed by atoms with van der Waals surface area (Å²) < 4.78 is 29.6. The Morgan fingerprint density at radius 3 is 2.18 bits per heavy atom. The Morgan fingerprint density at radius 1 is 1.04 bits per heavy atom. The van der Waals surface area contributed by atoms with Crippen LogP contribution in [0.1, 0.15) is 23.5 Å². The monoisotopic (exact) mass is 401 g/mol. The van der Waals surface area contributed by atoms with Crippen LogP contribution in [0.2, 0.25) is 0 Å². The zero-order valence-electron chi connectivity index (χ0n) is 14.9. The minimum atomic E-state index is -3.93. The van der Waals surface area contributed by atoms with Crippen molar-refractivity contribution >= 4 is 21.9 Å². The molecule has 1 atom stereocenters. The normalized spacial score (nSPS) is 20.3. The number of hydrogen-bond donors (Lipinski definition) is 1. The zero-order valence-corrected chi connectivity index (χ0v) is 15.8. The van der Waals surface area contributed by atoms with E-state index in [1.165, 1.54) is 0 Å². The van der Waals surface area contributed by atoms with E-state index < -0.39 is 27.3 Å². The fraction of sp³-hybridized carbons (Fsp3) is 0.300. The predicted octanol–water partition coefficient (Wildman–Crippen LogP) is 2.47. The van der Waals surface area contributed by atoms with Crippen molar-refractivity contribution in [3.05, 3.63) is 59.7 Å². The first-order chi connectivity index (χ1) is 13.4. The van der Waals surface area contributed by atoms with Gasteiger partial charge in [-0.05, 0) is 28.7 Å². The minimum absolute atomic E-state index is 0.00967. The van der Waals surface area contributed by atoms with E-state index in [0.717, 1.165) is 27.2 Å². The van der Waals surface area contributed by atoms with E-state index in [4.69, 9.17) is 4.74 Å². The van der Waals surface area contributed by atoms with Crippen molar-refractivity contribution < 1.29 is 27.9 Å². The number of rotatable bonds is 3. The number of carbonyl (C=O) groups is 2. The van der Waals surface area contributed by atoms with Gasteiger partial charge < -0.3 is 9.84 Å². The first kappa shape index (κ1) is 18.5. The largest absolute Gasteiger partial charge is 0.479 e. The molecular weight excluding hydrogens is 382 g/mol. The molecule has 7 nitrogen and oxygen atoms in total. The van der Waals surface area contributed by atoms with Crippen LogP contribution in [-0.4, -0.2) is 54.8 Å². The Kier molecular flexibility index (Phi) is 4.58. The van der Waals surface area contributed by atoms with Crippen molar-refractivity contribution in [3.8, 4) is 11.1 Å². The summed E-state index contributed by atoms with van der Waals surface area (Å²) in [4.78, 5) is 24.8. The fourth-order valence-corrected chi connectivity index (χ4v) is 5.65. The molecule has 2 aromatic rings. The van der Waals surface area contributed by atoms with Gasteiger partial charge in [-0.15, -0.1) is 0 Å². The molecule has 1 N–H and O–H groups in total. The molecule has 0 bridgehead atoms. The van der Waals surface area contributed by atoms with Gasteiger partial charge in [0.25, 0.3) is 0 Å². The van der Waals surface area contributed by atoms with Crippen molar-refractivity contribution in [2.75, 3.05) is 18.9 Å². The average Bonchev–Trinajstić information content (AvgIpc) is 2.99. The van der Waals surface area contributed by atoms with Gasteiger partial charge in [0, 0.05) is 12.5 Å². The van der Waals surface area contributed by atoms with Crippen molar-refractivity contribution in [2.24, 2.45) is 0 Å². The number of carbonyl (C=O) groups excluding carboxylic acids is 1. The third-order valence-corrected chi connectivity index (χ3v) is 7.23. The number of carboxylic acid groups (broad SMARTS) is 1. The lowest BCUT2D eigenvalue weighted by atomic mass is 9.98. The summed E-state index contributed by atoms with van der Waals surface area (Å²) in [6, 6.07) is 15.7. The molecule has 1 unspecified atom stereocenters. The maximum Gasteiger partial charge on any atom is 0.411 e. The maximum absolute atomic E-state index is 12.6. The molecular formula is C20H19NO6S. The highest BCUT2D eigenvalue weighted by atomic mass is 32.2. The molecule has 1 fully saturated rings. The van der Waals surface area contributed by atoms with Gasteiger partial charge >= 0.3 is 12.1 Å². The van der Waals surface area contributed by atoms with Gasteiger partial charge in [0.1, 0.15) is 6.61 Å². The quantitative estimate of drug-likeness (QED) is 0.848. The first-order valence-electron chi connectivity index (χ1n) is 8.96. The van der Waals surface area contributed by atoms with Gasteiger partial charge in [0.15, 0.2) is 9.84 Å². The number of fused-ring (bicyclic) bond motifs is 3.